The number of para-hydroxylation sites is 1. The Bertz CT molecular complexity index is 929. The van der Waals surface area contributed by atoms with Crippen LogP contribution in [0.15, 0.2) is 36.7 Å². The molecule has 1 N–H and O–H groups in total. The summed E-state index contributed by atoms with van der Waals surface area (Å²) in [4.78, 5) is 15.2. The molecule has 2 aromatic heterocycles. The molecule has 136 valence electrons. The molecule has 3 aromatic rings. The molecule has 4 rings (SSSR count). The maximum Gasteiger partial charge on any atom is 0.256 e. The first kappa shape index (κ1) is 16.8. The van der Waals surface area contributed by atoms with Gasteiger partial charge < -0.3 is 14.6 Å². The van der Waals surface area contributed by atoms with Crippen LogP contribution < -0.4 is 0 Å². The van der Waals surface area contributed by atoms with Crippen molar-refractivity contribution in [3.8, 4) is 0 Å². The average molecular weight is 353 g/mol. The van der Waals surface area contributed by atoms with Gasteiger partial charge in [-0.25, -0.2) is 0 Å². The predicted molar refractivity (Wildman–Crippen MR) is 97.6 cm³/mol. The highest BCUT2D eigenvalue weighted by Crippen LogP contribution is 2.27. The molecule has 1 aliphatic heterocycles. The first-order chi connectivity index (χ1) is 12.7. The van der Waals surface area contributed by atoms with Crippen LogP contribution in [-0.4, -0.2) is 48.1 Å². The molecule has 1 amide bonds. The molecule has 3 heterocycles. The number of rotatable bonds is 5. The molecule has 1 atom stereocenters. The Labute approximate surface area is 151 Å². The number of hydrogen-bond donors (Lipinski definition) is 1. The van der Waals surface area contributed by atoms with Crippen LogP contribution in [0.1, 0.15) is 35.8 Å². The molecular formula is C19H23N5O2. The van der Waals surface area contributed by atoms with Gasteiger partial charge in [0.25, 0.3) is 5.91 Å². The van der Waals surface area contributed by atoms with Crippen LogP contribution in [0.25, 0.3) is 10.9 Å². The van der Waals surface area contributed by atoms with Crippen LogP contribution in [0.3, 0.4) is 0 Å². The summed E-state index contributed by atoms with van der Waals surface area (Å²) in [6.07, 6.45) is 5.66. The minimum atomic E-state index is -0.121. The van der Waals surface area contributed by atoms with Gasteiger partial charge >= 0.3 is 0 Å². The SMILES string of the molecule is CCn1cc(C(=O)N2CCC[C@H]2Cn2cc(CO)nn2)c2ccccc21. The maximum absolute atomic E-state index is 13.3. The number of aromatic nitrogens is 4. The van der Waals surface area contributed by atoms with Crippen molar-refractivity contribution >= 4 is 16.8 Å². The number of aliphatic hydroxyl groups excluding tert-OH is 1. The highest BCUT2D eigenvalue weighted by Gasteiger charge is 2.31. The Kier molecular flexibility index (Phi) is 4.46. The summed E-state index contributed by atoms with van der Waals surface area (Å²) < 4.78 is 3.84. The van der Waals surface area contributed by atoms with Gasteiger partial charge in [0.2, 0.25) is 0 Å². The largest absolute Gasteiger partial charge is 0.390 e. The number of aryl methyl sites for hydroxylation is 1. The number of nitrogens with zero attached hydrogens (tertiary/aromatic N) is 5. The number of benzene rings is 1. The fourth-order valence-electron chi connectivity index (χ4n) is 3.84. The number of amides is 1. The van der Waals surface area contributed by atoms with Crippen LogP contribution in [0, 0.1) is 0 Å². The first-order valence-electron chi connectivity index (χ1n) is 9.10. The smallest absolute Gasteiger partial charge is 0.256 e. The summed E-state index contributed by atoms with van der Waals surface area (Å²) in [5, 5.41) is 18.1. The maximum atomic E-state index is 13.3. The molecule has 0 spiro atoms. The molecule has 1 saturated heterocycles. The third-order valence-electron chi connectivity index (χ3n) is 5.14. The van der Waals surface area contributed by atoms with Gasteiger partial charge in [0.05, 0.1) is 31.0 Å². The lowest BCUT2D eigenvalue weighted by molar-refractivity contribution is 0.0723. The van der Waals surface area contributed by atoms with E-state index in [9.17, 15) is 4.79 Å². The summed E-state index contributed by atoms with van der Waals surface area (Å²) in [5.41, 5.74) is 2.41. The molecule has 0 radical (unpaired) electrons. The zero-order valence-electron chi connectivity index (χ0n) is 14.9. The fourth-order valence-corrected chi connectivity index (χ4v) is 3.84. The van der Waals surface area contributed by atoms with Crippen molar-refractivity contribution < 1.29 is 9.90 Å². The molecule has 1 aliphatic rings. The van der Waals surface area contributed by atoms with Crippen molar-refractivity contribution in [2.45, 2.75) is 45.5 Å². The summed E-state index contributed by atoms with van der Waals surface area (Å²) in [6.45, 7) is 4.16. The van der Waals surface area contributed by atoms with E-state index in [0.29, 0.717) is 12.2 Å². The Morgan fingerprint density at radius 2 is 2.15 bits per heavy atom. The molecular weight excluding hydrogens is 330 g/mol. The number of aliphatic hydroxyl groups is 1. The third kappa shape index (κ3) is 2.88. The van der Waals surface area contributed by atoms with Gasteiger partial charge in [-0.2, -0.15) is 0 Å². The monoisotopic (exact) mass is 353 g/mol. The Hall–Kier alpha value is -2.67. The van der Waals surface area contributed by atoms with Crippen molar-refractivity contribution in [1.29, 1.82) is 0 Å². The second-order valence-corrected chi connectivity index (χ2v) is 6.73. The van der Waals surface area contributed by atoms with E-state index in [4.69, 9.17) is 5.11 Å². The van der Waals surface area contributed by atoms with Gasteiger partial charge in [0, 0.05) is 30.2 Å². The second kappa shape index (κ2) is 6.92. The van der Waals surface area contributed by atoms with E-state index in [1.807, 2.05) is 29.3 Å². The zero-order valence-corrected chi connectivity index (χ0v) is 14.9. The van der Waals surface area contributed by atoms with Crippen molar-refractivity contribution in [3.63, 3.8) is 0 Å². The first-order valence-corrected chi connectivity index (χ1v) is 9.10. The van der Waals surface area contributed by atoms with Crippen LogP contribution in [0.2, 0.25) is 0 Å². The van der Waals surface area contributed by atoms with Crippen LogP contribution in [0.4, 0.5) is 0 Å². The molecule has 0 bridgehead atoms. The van der Waals surface area contributed by atoms with E-state index in [2.05, 4.69) is 27.9 Å². The van der Waals surface area contributed by atoms with E-state index >= 15 is 0 Å². The minimum absolute atomic E-state index is 0.0818. The number of carbonyl (C=O) groups excluding carboxylic acids is 1. The predicted octanol–water partition coefficient (Wildman–Crippen LogP) is 2.05. The zero-order chi connectivity index (χ0) is 18.1. The molecule has 0 saturated carbocycles. The van der Waals surface area contributed by atoms with Gasteiger partial charge in [-0.1, -0.05) is 23.4 Å². The Balaban J connectivity index is 1.61. The van der Waals surface area contributed by atoms with E-state index < -0.39 is 0 Å². The van der Waals surface area contributed by atoms with Crippen LogP contribution in [-0.2, 0) is 19.7 Å². The number of carbonyl (C=O) groups is 1. The van der Waals surface area contributed by atoms with Gasteiger partial charge in [0.15, 0.2) is 0 Å². The lowest BCUT2D eigenvalue weighted by Gasteiger charge is -2.24. The van der Waals surface area contributed by atoms with Crippen LogP contribution >= 0.6 is 0 Å². The Morgan fingerprint density at radius 1 is 1.31 bits per heavy atom. The summed E-state index contributed by atoms with van der Waals surface area (Å²) >= 11 is 0. The van der Waals surface area contributed by atoms with Gasteiger partial charge in [-0.15, -0.1) is 5.10 Å². The normalized spacial score (nSPS) is 17.3. The number of fused-ring (bicyclic) bond motifs is 1. The summed E-state index contributed by atoms with van der Waals surface area (Å²) in [5.74, 6) is 0.0818. The van der Waals surface area contributed by atoms with Crippen molar-refractivity contribution in [1.82, 2.24) is 24.5 Å². The van der Waals surface area contributed by atoms with Crippen molar-refractivity contribution in [3.05, 3.63) is 47.9 Å². The van der Waals surface area contributed by atoms with E-state index in [1.165, 1.54) is 0 Å². The standard InChI is InChI=1S/C19H23N5O2/c1-2-22-12-17(16-7-3-4-8-18(16)22)19(26)24-9-5-6-15(24)11-23-10-14(13-25)20-21-23/h3-4,7-8,10,12,15,25H,2,5-6,9,11,13H2,1H3/t15-/m0/s1. The topological polar surface area (TPSA) is 76.2 Å². The van der Waals surface area contributed by atoms with Gasteiger partial charge in [0.1, 0.15) is 5.69 Å². The van der Waals surface area contributed by atoms with Gasteiger partial charge in [-0.05, 0) is 25.8 Å². The van der Waals surface area contributed by atoms with E-state index in [0.717, 1.165) is 42.4 Å². The third-order valence-corrected chi connectivity index (χ3v) is 5.14. The highest BCUT2D eigenvalue weighted by atomic mass is 16.3. The lowest BCUT2D eigenvalue weighted by Crippen LogP contribution is -2.38. The lowest BCUT2D eigenvalue weighted by atomic mass is 10.1. The molecule has 0 unspecified atom stereocenters. The quantitative estimate of drug-likeness (QED) is 0.762. The molecule has 1 fully saturated rings. The van der Waals surface area contributed by atoms with E-state index in [-0.39, 0.29) is 18.6 Å². The summed E-state index contributed by atoms with van der Waals surface area (Å²) in [7, 11) is 0. The molecule has 7 nitrogen and oxygen atoms in total. The highest BCUT2D eigenvalue weighted by molar-refractivity contribution is 6.07. The summed E-state index contributed by atoms with van der Waals surface area (Å²) in [6, 6.07) is 8.16. The average Bonchev–Trinajstić information content (AvgIpc) is 3.39. The van der Waals surface area contributed by atoms with Crippen molar-refractivity contribution in [2.75, 3.05) is 6.54 Å². The molecule has 0 aliphatic carbocycles. The van der Waals surface area contributed by atoms with E-state index in [1.54, 1.807) is 10.9 Å². The Morgan fingerprint density at radius 3 is 2.92 bits per heavy atom. The van der Waals surface area contributed by atoms with Gasteiger partial charge in [-0.3, -0.25) is 9.48 Å². The second-order valence-electron chi connectivity index (χ2n) is 6.73. The molecule has 7 heteroatoms. The van der Waals surface area contributed by atoms with Crippen LogP contribution in [0.5, 0.6) is 0 Å². The van der Waals surface area contributed by atoms with Crippen molar-refractivity contribution in [2.24, 2.45) is 0 Å². The fraction of sp³-hybridized carbons (Fsp3) is 0.421. The number of likely N-dealkylation sites (tertiary alicyclic amines) is 1. The molecule has 26 heavy (non-hydrogen) atoms. The molecule has 1 aromatic carbocycles. The number of hydrogen-bond acceptors (Lipinski definition) is 4. The minimum Gasteiger partial charge on any atom is -0.390 e.